The van der Waals surface area contributed by atoms with Crippen molar-refractivity contribution in [3.8, 4) is 17.2 Å². The van der Waals surface area contributed by atoms with E-state index < -0.39 is 18.0 Å². The van der Waals surface area contributed by atoms with Gasteiger partial charge in [0.2, 0.25) is 0 Å². The van der Waals surface area contributed by atoms with Gasteiger partial charge in [-0.05, 0) is 51.1 Å². The fourth-order valence-corrected chi connectivity index (χ4v) is 3.29. The Labute approximate surface area is 191 Å². The van der Waals surface area contributed by atoms with E-state index in [9.17, 15) is 14.4 Å². The van der Waals surface area contributed by atoms with Gasteiger partial charge in [0.05, 0.1) is 30.7 Å². The van der Waals surface area contributed by atoms with Crippen molar-refractivity contribution in [1.29, 1.82) is 0 Å². The van der Waals surface area contributed by atoms with Gasteiger partial charge in [-0.25, -0.2) is 9.48 Å². The Hall–Kier alpha value is -4.01. The van der Waals surface area contributed by atoms with Crippen LogP contribution in [0.25, 0.3) is 5.69 Å². The molecule has 0 saturated carbocycles. The lowest BCUT2D eigenvalue weighted by molar-refractivity contribution is -0.123. The zero-order valence-electron chi connectivity index (χ0n) is 19.2. The molecular weight excluding hydrogens is 426 g/mol. The van der Waals surface area contributed by atoms with E-state index in [0.717, 1.165) is 0 Å². The van der Waals surface area contributed by atoms with Crippen molar-refractivity contribution in [1.82, 2.24) is 9.36 Å². The summed E-state index contributed by atoms with van der Waals surface area (Å²) in [5.74, 6) is -0.445. The Morgan fingerprint density at radius 3 is 2.42 bits per heavy atom. The number of hydrogen-bond donors (Lipinski definition) is 1. The molecule has 33 heavy (non-hydrogen) atoms. The Bertz CT molecular complexity index is 1210. The normalized spacial score (nSPS) is 11.5. The third kappa shape index (κ3) is 4.92. The number of aromatic nitrogens is 2. The van der Waals surface area contributed by atoms with Crippen LogP contribution < -0.4 is 20.3 Å². The molecule has 1 aromatic heterocycles. The van der Waals surface area contributed by atoms with Gasteiger partial charge in [-0.2, -0.15) is 0 Å². The van der Waals surface area contributed by atoms with E-state index in [4.69, 9.17) is 14.2 Å². The van der Waals surface area contributed by atoms with Crippen LogP contribution in [0.3, 0.4) is 0 Å². The number of nitrogens with one attached hydrogen (secondary N) is 1. The number of para-hydroxylation sites is 1. The van der Waals surface area contributed by atoms with Crippen LogP contribution in [0.5, 0.6) is 11.5 Å². The lowest BCUT2D eigenvalue weighted by atomic mass is 10.2. The van der Waals surface area contributed by atoms with Crippen LogP contribution in [0, 0.1) is 6.92 Å². The van der Waals surface area contributed by atoms with E-state index in [1.54, 1.807) is 36.9 Å². The van der Waals surface area contributed by atoms with Gasteiger partial charge in [0.25, 0.3) is 11.5 Å². The van der Waals surface area contributed by atoms with E-state index in [1.807, 2.05) is 25.1 Å². The van der Waals surface area contributed by atoms with E-state index in [-0.39, 0.29) is 16.8 Å². The van der Waals surface area contributed by atoms with Crippen molar-refractivity contribution in [2.24, 2.45) is 7.05 Å². The SMILES string of the molecule is CCOc1ccc(C(=O)OC(C)C(=O)Nc2c(C)n(C)n(-c3ccccc3)c2=O)cc1OC. The first-order valence-corrected chi connectivity index (χ1v) is 10.4. The summed E-state index contributed by atoms with van der Waals surface area (Å²) in [6.07, 6.45) is -1.14. The average Bonchev–Trinajstić information content (AvgIpc) is 3.02. The monoisotopic (exact) mass is 453 g/mol. The number of benzene rings is 2. The van der Waals surface area contributed by atoms with Crippen LogP contribution in [0.2, 0.25) is 0 Å². The Balaban J connectivity index is 1.75. The lowest BCUT2D eigenvalue weighted by Gasteiger charge is -2.14. The number of hydrogen-bond acceptors (Lipinski definition) is 6. The van der Waals surface area contributed by atoms with Crippen LogP contribution in [0.15, 0.2) is 53.3 Å². The van der Waals surface area contributed by atoms with Crippen molar-refractivity contribution in [2.45, 2.75) is 26.9 Å². The van der Waals surface area contributed by atoms with E-state index in [0.29, 0.717) is 29.5 Å². The molecule has 3 aromatic rings. The lowest BCUT2D eigenvalue weighted by Crippen LogP contribution is -2.32. The van der Waals surface area contributed by atoms with Gasteiger partial charge in [0, 0.05) is 7.05 Å². The number of methoxy groups -OCH3 is 1. The maximum absolute atomic E-state index is 13.0. The van der Waals surface area contributed by atoms with Crippen molar-refractivity contribution < 1.29 is 23.8 Å². The predicted molar refractivity (Wildman–Crippen MR) is 123 cm³/mol. The third-order valence-electron chi connectivity index (χ3n) is 5.15. The summed E-state index contributed by atoms with van der Waals surface area (Å²) >= 11 is 0. The number of rotatable bonds is 8. The van der Waals surface area contributed by atoms with Gasteiger partial charge in [-0.15, -0.1) is 0 Å². The van der Waals surface area contributed by atoms with Gasteiger partial charge in [0.1, 0.15) is 5.69 Å². The molecule has 9 heteroatoms. The summed E-state index contributed by atoms with van der Waals surface area (Å²) in [6, 6.07) is 13.7. The standard InChI is InChI=1S/C24H27N3O6/c1-6-32-19-13-12-17(14-20(19)31-5)24(30)33-16(3)22(28)25-21-15(2)26(4)27(23(21)29)18-10-8-7-9-11-18/h7-14,16H,6H2,1-5H3,(H,25,28). The number of amides is 1. The highest BCUT2D eigenvalue weighted by molar-refractivity contribution is 5.97. The van der Waals surface area contributed by atoms with Crippen molar-refractivity contribution in [3.05, 3.63) is 70.1 Å². The highest BCUT2D eigenvalue weighted by atomic mass is 16.5. The van der Waals surface area contributed by atoms with E-state index >= 15 is 0 Å². The minimum atomic E-state index is -1.14. The number of ether oxygens (including phenoxy) is 3. The zero-order chi connectivity index (χ0) is 24.1. The molecule has 0 aliphatic heterocycles. The molecule has 1 amide bonds. The molecule has 1 N–H and O–H groups in total. The predicted octanol–water partition coefficient (Wildman–Crippen LogP) is 3.08. The van der Waals surface area contributed by atoms with Crippen molar-refractivity contribution >= 4 is 17.6 Å². The van der Waals surface area contributed by atoms with E-state index in [2.05, 4.69) is 5.32 Å². The summed E-state index contributed by atoms with van der Waals surface area (Å²) < 4.78 is 19.1. The maximum Gasteiger partial charge on any atom is 0.339 e. The highest BCUT2D eigenvalue weighted by Gasteiger charge is 2.24. The topological polar surface area (TPSA) is 101 Å². The maximum atomic E-state index is 13.0. The van der Waals surface area contributed by atoms with Crippen LogP contribution in [-0.4, -0.2) is 41.1 Å². The Morgan fingerprint density at radius 1 is 1.09 bits per heavy atom. The summed E-state index contributed by atoms with van der Waals surface area (Å²) in [7, 11) is 3.19. The fraction of sp³-hybridized carbons (Fsp3) is 0.292. The molecule has 1 heterocycles. The average molecular weight is 453 g/mol. The van der Waals surface area contributed by atoms with Gasteiger partial charge < -0.3 is 19.5 Å². The minimum absolute atomic E-state index is 0.122. The molecule has 9 nitrogen and oxygen atoms in total. The second-order valence-corrected chi connectivity index (χ2v) is 7.27. The van der Waals surface area contributed by atoms with Gasteiger partial charge in [-0.3, -0.25) is 14.3 Å². The van der Waals surface area contributed by atoms with Crippen LogP contribution in [0.1, 0.15) is 29.9 Å². The molecule has 0 saturated heterocycles. The molecule has 0 aliphatic carbocycles. The molecule has 174 valence electrons. The second kappa shape index (κ2) is 10.1. The Morgan fingerprint density at radius 2 is 1.79 bits per heavy atom. The van der Waals surface area contributed by atoms with Crippen LogP contribution in [-0.2, 0) is 16.6 Å². The quantitative estimate of drug-likeness (QED) is 0.526. The molecule has 1 atom stereocenters. The first-order chi connectivity index (χ1) is 15.8. The highest BCUT2D eigenvalue weighted by Crippen LogP contribution is 2.28. The zero-order valence-corrected chi connectivity index (χ0v) is 19.2. The number of carbonyl (C=O) groups excluding carboxylic acids is 2. The third-order valence-corrected chi connectivity index (χ3v) is 5.15. The number of carbonyl (C=O) groups is 2. The van der Waals surface area contributed by atoms with Gasteiger partial charge in [-0.1, -0.05) is 18.2 Å². The molecule has 0 radical (unpaired) electrons. The molecular formula is C24H27N3O6. The molecule has 0 fully saturated rings. The smallest absolute Gasteiger partial charge is 0.339 e. The van der Waals surface area contributed by atoms with Crippen molar-refractivity contribution in [2.75, 3.05) is 19.0 Å². The number of anilines is 1. The molecule has 0 aliphatic rings. The largest absolute Gasteiger partial charge is 0.493 e. The van der Waals surface area contributed by atoms with Gasteiger partial charge >= 0.3 is 5.97 Å². The molecule has 0 spiro atoms. The summed E-state index contributed by atoms with van der Waals surface area (Å²) in [5, 5.41) is 2.60. The molecule has 2 aromatic carbocycles. The number of esters is 1. The summed E-state index contributed by atoms with van der Waals surface area (Å²) in [4.78, 5) is 38.2. The summed E-state index contributed by atoms with van der Waals surface area (Å²) in [6.45, 7) is 5.44. The van der Waals surface area contributed by atoms with Crippen LogP contribution >= 0.6 is 0 Å². The molecule has 3 rings (SSSR count). The first-order valence-electron chi connectivity index (χ1n) is 10.4. The second-order valence-electron chi connectivity index (χ2n) is 7.27. The first kappa shape index (κ1) is 23.6. The fourth-order valence-electron chi connectivity index (χ4n) is 3.29. The number of nitrogens with zero attached hydrogens (tertiary/aromatic N) is 2. The van der Waals surface area contributed by atoms with Crippen molar-refractivity contribution in [3.63, 3.8) is 0 Å². The van der Waals surface area contributed by atoms with Gasteiger partial charge in [0.15, 0.2) is 17.6 Å². The molecule has 0 bridgehead atoms. The minimum Gasteiger partial charge on any atom is -0.493 e. The van der Waals surface area contributed by atoms with E-state index in [1.165, 1.54) is 30.8 Å². The molecule has 1 unspecified atom stereocenters. The van der Waals surface area contributed by atoms with Crippen LogP contribution in [0.4, 0.5) is 5.69 Å². The summed E-state index contributed by atoms with van der Waals surface area (Å²) in [5.41, 5.74) is 1.17. The Kier molecular flexibility index (Phi) is 7.22.